The molecule has 1 amide bonds. The van der Waals surface area contributed by atoms with Crippen molar-refractivity contribution in [1.29, 1.82) is 0 Å². The van der Waals surface area contributed by atoms with Gasteiger partial charge in [-0.05, 0) is 83.4 Å². The monoisotopic (exact) mass is 471 g/mol. The largest absolute Gasteiger partial charge is 0.543 e. The van der Waals surface area contributed by atoms with Gasteiger partial charge in [-0.2, -0.15) is 0 Å². The van der Waals surface area contributed by atoms with E-state index in [1.165, 1.54) is 23.8 Å². The lowest BCUT2D eigenvalue weighted by atomic mass is 9.95. The van der Waals surface area contributed by atoms with E-state index in [1.807, 2.05) is 12.1 Å². The first kappa shape index (κ1) is 26.9. The molecule has 0 aromatic heterocycles. The fourth-order valence-electron chi connectivity index (χ4n) is 5.18. The fraction of sp³-hybridized carbons (Fsp3) is 0.519. The van der Waals surface area contributed by atoms with Gasteiger partial charge in [0.05, 0.1) is 5.56 Å². The van der Waals surface area contributed by atoms with Crippen LogP contribution in [0.1, 0.15) is 74.2 Å². The van der Waals surface area contributed by atoms with Crippen LogP contribution >= 0.6 is 0 Å². The molecule has 6 heteroatoms. The molecular weight excluding hydrogens is 430 g/mol. The van der Waals surface area contributed by atoms with Crippen molar-refractivity contribution in [2.75, 3.05) is 13.9 Å². The molecule has 0 heterocycles. The number of aryl methyl sites for hydroxylation is 2. The van der Waals surface area contributed by atoms with E-state index in [9.17, 15) is 4.79 Å². The highest BCUT2D eigenvalue weighted by Crippen LogP contribution is 2.43. The van der Waals surface area contributed by atoms with Crippen LogP contribution in [0.25, 0.3) is 0 Å². The smallest absolute Gasteiger partial charge is 0.258 e. The Morgan fingerprint density at radius 3 is 1.94 bits per heavy atom. The highest BCUT2D eigenvalue weighted by molar-refractivity contribution is 6.78. The van der Waals surface area contributed by atoms with E-state index in [1.54, 1.807) is 6.07 Å². The lowest BCUT2D eigenvalue weighted by Crippen LogP contribution is -2.50. The van der Waals surface area contributed by atoms with Gasteiger partial charge in [0.15, 0.2) is 6.79 Å². The Kier molecular flexibility index (Phi) is 9.15. The van der Waals surface area contributed by atoms with Crippen LogP contribution in [0.5, 0.6) is 11.5 Å². The third kappa shape index (κ3) is 5.98. The summed E-state index contributed by atoms with van der Waals surface area (Å²) >= 11 is 0. The van der Waals surface area contributed by atoms with Gasteiger partial charge in [-0.1, -0.05) is 47.6 Å². The van der Waals surface area contributed by atoms with Gasteiger partial charge in [0.1, 0.15) is 11.5 Å². The number of rotatable bonds is 11. The van der Waals surface area contributed by atoms with Crippen LogP contribution in [0.2, 0.25) is 16.6 Å². The maximum atomic E-state index is 12.0. The molecule has 0 aliphatic rings. The molecule has 2 aromatic rings. The quantitative estimate of drug-likeness (QED) is 0.299. The molecule has 182 valence electrons. The van der Waals surface area contributed by atoms with E-state index >= 15 is 0 Å². The molecule has 0 fully saturated rings. The second-order valence-corrected chi connectivity index (χ2v) is 15.3. The van der Waals surface area contributed by atoms with E-state index in [4.69, 9.17) is 19.6 Å². The summed E-state index contributed by atoms with van der Waals surface area (Å²) in [5.74, 6) is 0.887. The molecule has 2 N–H and O–H groups in total. The van der Waals surface area contributed by atoms with Crippen molar-refractivity contribution in [2.24, 2.45) is 5.73 Å². The predicted octanol–water partition coefficient (Wildman–Crippen LogP) is 6.53. The number of nitrogens with two attached hydrogens (primary N) is 1. The molecule has 2 aromatic carbocycles. The SMILES string of the molecule is COCOc1ccc(Cc2c(C)cc(O[Si](C(C)C)(C(C)C)C(C)C)cc2C)cc1C(N)=O. The summed E-state index contributed by atoms with van der Waals surface area (Å²) in [4.78, 5) is 12.0. The molecule has 0 unspecified atom stereocenters. The number of benzene rings is 2. The number of carbonyl (C=O) groups excluding carboxylic acids is 1. The highest BCUT2D eigenvalue weighted by Gasteiger charge is 2.47. The average Bonchev–Trinajstić information content (AvgIpc) is 2.72. The number of amides is 1. The van der Waals surface area contributed by atoms with E-state index in [2.05, 4.69) is 67.5 Å². The molecule has 0 saturated carbocycles. The number of methoxy groups -OCH3 is 1. The van der Waals surface area contributed by atoms with Gasteiger partial charge >= 0.3 is 0 Å². The van der Waals surface area contributed by atoms with Gasteiger partial charge in [0.2, 0.25) is 0 Å². The summed E-state index contributed by atoms with van der Waals surface area (Å²) in [5, 5.41) is 0. The van der Waals surface area contributed by atoms with Gasteiger partial charge in [-0.3, -0.25) is 4.79 Å². The fourth-order valence-corrected chi connectivity index (χ4v) is 10.4. The molecule has 5 nitrogen and oxygen atoms in total. The summed E-state index contributed by atoms with van der Waals surface area (Å²) in [5.41, 5.74) is 12.1. The molecule has 0 bridgehead atoms. The summed E-state index contributed by atoms with van der Waals surface area (Å²) in [7, 11) is -0.484. The predicted molar refractivity (Wildman–Crippen MR) is 138 cm³/mol. The lowest BCUT2D eigenvalue weighted by molar-refractivity contribution is 0.0502. The van der Waals surface area contributed by atoms with Crippen LogP contribution < -0.4 is 14.9 Å². The molecule has 0 spiro atoms. The highest BCUT2D eigenvalue weighted by atomic mass is 28.4. The van der Waals surface area contributed by atoms with Crippen LogP contribution in [0.3, 0.4) is 0 Å². The average molecular weight is 472 g/mol. The summed E-state index contributed by atoms with van der Waals surface area (Å²) in [6.45, 7) is 18.1. The van der Waals surface area contributed by atoms with Crippen LogP contribution in [-0.4, -0.2) is 28.1 Å². The zero-order chi connectivity index (χ0) is 24.9. The van der Waals surface area contributed by atoms with Gasteiger partial charge in [0.25, 0.3) is 14.2 Å². The molecule has 0 saturated heterocycles. The zero-order valence-electron chi connectivity index (χ0n) is 21.7. The van der Waals surface area contributed by atoms with E-state index in [0.717, 1.165) is 11.3 Å². The maximum absolute atomic E-state index is 12.0. The number of hydrogen-bond donors (Lipinski definition) is 1. The Labute approximate surface area is 200 Å². The van der Waals surface area contributed by atoms with Crippen molar-refractivity contribution in [3.05, 3.63) is 58.1 Å². The molecule has 0 aliphatic heterocycles. The number of primary amides is 1. The minimum absolute atomic E-state index is 0.0627. The first-order valence-corrected chi connectivity index (χ1v) is 13.9. The second-order valence-electron chi connectivity index (χ2n) is 9.88. The Balaban J connectivity index is 2.38. The molecule has 0 aliphatic carbocycles. The van der Waals surface area contributed by atoms with Crippen LogP contribution in [0.15, 0.2) is 30.3 Å². The number of ether oxygens (including phenoxy) is 2. The first-order chi connectivity index (χ1) is 15.4. The van der Waals surface area contributed by atoms with Crippen molar-refractivity contribution >= 4 is 14.2 Å². The summed E-state index contributed by atoms with van der Waals surface area (Å²) < 4.78 is 17.3. The molecule has 0 atom stereocenters. The van der Waals surface area contributed by atoms with Gasteiger partial charge in [0, 0.05) is 7.11 Å². The second kappa shape index (κ2) is 11.2. The van der Waals surface area contributed by atoms with E-state index < -0.39 is 14.2 Å². The third-order valence-corrected chi connectivity index (χ3v) is 12.7. The van der Waals surface area contributed by atoms with Crippen molar-refractivity contribution in [1.82, 2.24) is 0 Å². The van der Waals surface area contributed by atoms with Gasteiger partial charge < -0.3 is 19.6 Å². The standard InChI is InChI=1S/C27H41NO4Si/c1-17(2)33(18(3)4,19(5)6)32-23-12-20(7)24(21(8)13-23)14-22-10-11-26(31-16-30-9)25(15-22)27(28)29/h10-13,15,17-19H,14,16H2,1-9H3,(H2,28,29). The minimum Gasteiger partial charge on any atom is -0.543 e. The zero-order valence-corrected chi connectivity index (χ0v) is 22.7. The Morgan fingerprint density at radius 2 is 1.48 bits per heavy atom. The van der Waals surface area contributed by atoms with E-state index in [0.29, 0.717) is 34.4 Å². The molecule has 33 heavy (non-hydrogen) atoms. The first-order valence-electron chi connectivity index (χ1n) is 11.8. The molecular formula is C27H41NO4Si. The van der Waals surface area contributed by atoms with Crippen molar-refractivity contribution in [2.45, 2.75) is 78.4 Å². The van der Waals surface area contributed by atoms with Crippen LogP contribution in [0, 0.1) is 13.8 Å². The lowest BCUT2D eigenvalue weighted by Gasteiger charge is -2.42. The third-order valence-electron chi connectivity index (χ3n) is 6.69. The van der Waals surface area contributed by atoms with Gasteiger partial charge in [-0.25, -0.2) is 0 Å². The topological polar surface area (TPSA) is 70.8 Å². The molecule has 0 radical (unpaired) electrons. The minimum atomic E-state index is -2.02. The maximum Gasteiger partial charge on any atom is 0.258 e. The molecule has 2 rings (SSSR count). The van der Waals surface area contributed by atoms with Crippen molar-refractivity contribution in [3.8, 4) is 11.5 Å². The summed E-state index contributed by atoms with van der Waals surface area (Å²) in [6, 6.07) is 9.90. The number of carbonyl (C=O) groups is 1. The Bertz CT molecular complexity index is 924. The normalized spacial score (nSPS) is 12.0. The number of hydrogen-bond acceptors (Lipinski definition) is 4. The van der Waals surface area contributed by atoms with E-state index in [-0.39, 0.29) is 6.79 Å². The van der Waals surface area contributed by atoms with Gasteiger partial charge in [-0.15, -0.1) is 0 Å². The summed E-state index contributed by atoms with van der Waals surface area (Å²) in [6.07, 6.45) is 0.698. The Morgan fingerprint density at radius 1 is 0.939 bits per heavy atom. The van der Waals surface area contributed by atoms with Crippen molar-refractivity contribution in [3.63, 3.8) is 0 Å². The van der Waals surface area contributed by atoms with Crippen LogP contribution in [0.4, 0.5) is 0 Å². The van der Waals surface area contributed by atoms with Crippen molar-refractivity contribution < 1.29 is 18.7 Å². The Hall–Kier alpha value is -2.31. The van der Waals surface area contributed by atoms with Crippen LogP contribution in [-0.2, 0) is 11.2 Å².